The maximum Gasteiger partial charge on any atom is 0.256 e. The lowest BCUT2D eigenvalue weighted by molar-refractivity contribution is 0.0774. The van der Waals surface area contributed by atoms with Crippen LogP contribution < -0.4 is 0 Å². The number of aryl methyl sites for hydroxylation is 1. The monoisotopic (exact) mass is 264 g/mol. The number of halogens is 1. The van der Waals surface area contributed by atoms with Crippen LogP contribution in [0.5, 0.6) is 0 Å². The van der Waals surface area contributed by atoms with Gasteiger partial charge in [-0.3, -0.25) is 4.79 Å². The number of rotatable bonds is 3. The van der Waals surface area contributed by atoms with Crippen molar-refractivity contribution in [2.24, 2.45) is 0 Å². The number of nitrogens with zero attached hydrogens (tertiary/aromatic N) is 1. The quantitative estimate of drug-likeness (QED) is 0.903. The highest BCUT2D eigenvalue weighted by molar-refractivity contribution is 6.31. The Bertz CT molecular complexity index is 585. The Hall–Kier alpha value is -1.48. The molecule has 0 aliphatic rings. The molecular weight excluding hydrogens is 248 g/mol. The van der Waals surface area contributed by atoms with Crippen molar-refractivity contribution in [2.75, 3.05) is 13.1 Å². The summed E-state index contributed by atoms with van der Waals surface area (Å²) in [6, 6.07) is 5.57. The molecule has 0 unspecified atom stereocenters. The largest absolute Gasteiger partial charge is 0.358 e. The van der Waals surface area contributed by atoms with Crippen molar-refractivity contribution in [2.45, 2.75) is 20.8 Å². The average Bonchev–Trinajstić information content (AvgIpc) is 2.65. The van der Waals surface area contributed by atoms with Crippen LogP contribution in [-0.4, -0.2) is 28.9 Å². The van der Waals surface area contributed by atoms with E-state index in [4.69, 9.17) is 11.6 Å². The van der Waals surface area contributed by atoms with Crippen LogP contribution in [0.25, 0.3) is 10.9 Å². The van der Waals surface area contributed by atoms with E-state index in [9.17, 15) is 4.79 Å². The third-order valence-electron chi connectivity index (χ3n) is 3.21. The minimum absolute atomic E-state index is 0.0751. The first-order valence-corrected chi connectivity index (χ1v) is 6.53. The molecule has 96 valence electrons. The second-order valence-corrected chi connectivity index (χ2v) is 4.73. The van der Waals surface area contributed by atoms with Gasteiger partial charge in [-0.15, -0.1) is 0 Å². The third kappa shape index (κ3) is 2.10. The molecule has 1 heterocycles. The van der Waals surface area contributed by atoms with Gasteiger partial charge in [0.1, 0.15) is 0 Å². The second-order valence-electron chi connectivity index (χ2n) is 4.29. The maximum atomic E-state index is 12.5. The predicted octanol–water partition coefficient (Wildman–Crippen LogP) is 3.61. The van der Waals surface area contributed by atoms with Gasteiger partial charge in [0.25, 0.3) is 5.91 Å². The maximum absolute atomic E-state index is 12.5. The van der Waals surface area contributed by atoms with Gasteiger partial charge in [0, 0.05) is 34.7 Å². The van der Waals surface area contributed by atoms with Gasteiger partial charge in [-0.25, -0.2) is 0 Å². The SMILES string of the molecule is CCN(CC)C(=O)c1c(C)[nH]c2cc(Cl)ccc12. The van der Waals surface area contributed by atoms with Crippen molar-refractivity contribution in [1.29, 1.82) is 0 Å². The summed E-state index contributed by atoms with van der Waals surface area (Å²) in [6.45, 7) is 7.33. The van der Waals surface area contributed by atoms with Crippen LogP contribution in [0.2, 0.25) is 5.02 Å². The van der Waals surface area contributed by atoms with Crippen LogP contribution in [0.1, 0.15) is 29.9 Å². The Kier molecular flexibility index (Phi) is 3.62. The smallest absolute Gasteiger partial charge is 0.256 e. The van der Waals surface area contributed by atoms with Crippen LogP contribution in [0.3, 0.4) is 0 Å². The zero-order valence-electron chi connectivity index (χ0n) is 10.9. The molecular formula is C14H17ClN2O. The molecule has 1 amide bonds. The van der Waals surface area contributed by atoms with E-state index in [2.05, 4.69) is 4.98 Å². The lowest BCUT2D eigenvalue weighted by atomic mass is 10.1. The van der Waals surface area contributed by atoms with Crippen LogP contribution >= 0.6 is 11.6 Å². The number of aromatic amines is 1. The van der Waals surface area contributed by atoms with Gasteiger partial charge in [0.15, 0.2) is 0 Å². The van der Waals surface area contributed by atoms with Crippen LogP contribution in [-0.2, 0) is 0 Å². The van der Waals surface area contributed by atoms with Gasteiger partial charge in [0.05, 0.1) is 5.56 Å². The highest BCUT2D eigenvalue weighted by Gasteiger charge is 2.19. The molecule has 0 atom stereocenters. The number of hydrogen-bond acceptors (Lipinski definition) is 1. The van der Waals surface area contributed by atoms with Gasteiger partial charge >= 0.3 is 0 Å². The molecule has 1 N–H and O–H groups in total. The number of carbonyl (C=O) groups excluding carboxylic acids is 1. The number of fused-ring (bicyclic) bond motifs is 1. The van der Waals surface area contributed by atoms with Gasteiger partial charge in [-0.2, -0.15) is 0 Å². The van der Waals surface area contributed by atoms with Gasteiger partial charge in [-0.1, -0.05) is 17.7 Å². The number of benzene rings is 1. The fourth-order valence-corrected chi connectivity index (χ4v) is 2.42. The van der Waals surface area contributed by atoms with Crippen molar-refractivity contribution < 1.29 is 4.79 Å². The molecule has 1 aromatic carbocycles. The minimum atomic E-state index is 0.0751. The van der Waals surface area contributed by atoms with Crippen molar-refractivity contribution in [1.82, 2.24) is 9.88 Å². The summed E-state index contributed by atoms with van der Waals surface area (Å²) in [4.78, 5) is 17.5. The summed E-state index contributed by atoms with van der Waals surface area (Å²) in [7, 11) is 0. The van der Waals surface area contributed by atoms with E-state index in [1.807, 2.05) is 43.9 Å². The summed E-state index contributed by atoms with van der Waals surface area (Å²) in [6.07, 6.45) is 0. The molecule has 1 aromatic heterocycles. The van der Waals surface area contributed by atoms with E-state index in [-0.39, 0.29) is 5.91 Å². The highest BCUT2D eigenvalue weighted by Crippen LogP contribution is 2.26. The molecule has 0 spiro atoms. The molecule has 0 aliphatic heterocycles. The second kappa shape index (κ2) is 5.02. The molecule has 0 aliphatic carbocycles. The highest BCUT2D eigenvalue weighted by atomic mass is 35.5. The zero-order valence-corrected chi connectivity index (χ0v) is 11.6. The summed E-state index contributed by atoms with van der Waals surface area (Å²) >= 11 is 5.96. The van der Waals surface area contributed by atoms with Crippen molar-refractivity contribution in [3.8, 4) is 0 Å². The number of hydrogen-bond donors (Lipinski definition) is 1. The van der Waals surface area contributed by atoms with Crippen molar-refractivity contribution in [3.63, 3.8) is 0 Å². The number of H-pyrrole nitrogens is 1. The normalized spacial score (nSPS) is 10.9. The predicted molar refractivity (Wildman–Crippen MR) is 75.3 cm³/mol. The molecule has 0 bridgehead atoms. The Morgan fingerprint density at radius 3 is 2.61 bits per heavy atom. The van der Waals surface area contributed by atoms with Gasteiger partial charge in [-0.05, 0) is 32.9 Å². The molecule has 0 saturated carbocycles. The standard InChI is InChI=1S/C14H17ClN2O/c1-4-17(5-2)14(18)13-9(3)16-12-8-10(15)6-7-11(12)13/h6-8,16H,4-5H2,1-3H3. The molecule has 18 heavy (non-hydrogen) atoms. The zero-order chi connectivity index (χ0) is 13.3. The first-order chi connectivity index (χ1) is 8.58. The van der Waals surface area contributed by atoms with E-state index in [0.29, 0.717) is 5.02 Å². The third-order valence-corrected chi connectivity index (χ3v) is 3.45. The molecule has 0 saturated heterocycles. The summed E-state index contributed by atoms with van der Waals surface area (Å²) in [5.74, 6) is 0.0751. The number of carbonyl (C=O) groups is 1. The Morgan fingerprint density at radius 1 is 1.33 bits per heavy atom. The molecule has 2 rings (SSSR count). The molecule has 4 heteroatoms. The minimum Gasteiger partial charge on any atom is -0.358 e. The molecule has 0 fully saturated rings. The Morgan fingerprint density at radius 2 is 2.00 bits per heavy atom. The van der Waals surface area contributed by atoms with Crippen LogP contribution in [0.4, 0.5) is 0 Å². The molecule has 3 nitrogen and oxygen atoms in total. The summed E-state index contributed by atoms with van der Waals surface area (Å²) in [5, 5.41) is 1.61. The Labute approximate surface area is 112 Å². The summed E-state index contributed by atoms with van der Waals surface area (Å²) < 4.78 is 0. The van der Waals surface area contributed by atoms with E-state index in [0.717, 1.165) is 35.2 Å². The number of nitrogens with one attached hydrogen (secondary N) is 1. The van der Waals surface area contributed by atoms with E-state index in [1.165, 1.54) is 0 Å². The van der Waals surface area contributed by atoms with E-state index < -0.39 is 0 Å². The number of aromatic nitrogens is 1. The van der Waals surface area contributed by atoms with Crippen LogP contribution in [0.15, 0.2) is 18.2 Å². The fraction of sp³-hybridized carbons (Fsp3) is 0.357. The van der Waals surface area contributed by atoms with Crippen LogP contribution in [0, 0.1) is 6.92 Å². The van der Waals surface area contributed by atoms with E-state index >= 15 is 0 Å². The van der Waals surface area contributed by atoms with E-state index in [1.54, 1.807) is 0 Å². The number of amides is 1. The summed E-state index contributed by atoms with van der Waals surface area (Å²) in [5.41, 5.74) is 2.56. The molecule has 0 radical (unpaired) electrons. The lowest BCUT2D eigenvalue weighted by Gasteiger charge is -2.18. The average molecular weight is 265 g/mol. The van der Waals surface area contributed by atoms with Crippen molar-refractivity contribution in [3.05, 3.63) is 34.5 Å². The van der Waals surface area contributed by atoms with Gasteiger partial charge in [0.2, 0.25) is 0 Å². The molecule has 2 aromatic rings. The first kappa shape index (κ1) is 13.0. The Balaban J connectivity index is 2.57. The topological polar surface area (TPSA) is 36.1 Å². The fourth-order valence-electron chi connectivity index (χ4n) is 2.25. The van der Waals surface area contributed by atoms with Gasteiger partial charge < -0.3 is 9.88 Å². The first-order valence-electron chi connectivity index (χ1n) is 6.15. The lowest BCUT2D eigenvalue weighted by Crippen LogP contribution is -2.30. The van der Waals surface area contributed by atoms with Crippen molar-refractivity contribution >= 4 is 28.4 Å².